The van der Waals surface area contributed by atoms with Gasteiger partial charge in [0.05, 0.1) is 6.61 Å². The van der Waals surface area contributed by atoms with E-state index in [0.717, 1.165) is 51.2 Å². The number of β-amino-alcohol motifs (C(OH)–C–C–N with tert-alkyl or cyclic N) is 1. The van der Waals surface area contributed by atoms with E-state index in [1.165, 1.54) is 51.6 Å². The van der Waals surface area contributed by atoms with Crippen molar-refractivity contribution < 1.29 is 5.11 Å². The first-order valence-corrected chi connectivity index (χ1v) is 10.3. The Morgan fingerprint density at radius 1 is 1.04 bits per heavy atom. The fraction of sp³-hybridized carbons (Fsp3) is 1.00. The van der Waals surface area contributed by atoms with E-state index in [9.17, 15) is 0 Å². The fourth-order valence-electron chi connectivity index (χ4n) is 5.04. The van der Waals surface area contributed by atoms with Crippen molar-refractivity contribution in [2.45, 2.75) is 50.6 Å². The Morgan fingerprint density at radius 2 is 1.79 bits per heavy atom. The van der Waals surface area contributed by atoms with Crippen molar-refractivity contribution in [3.63, 3.8) is 0 Å². The first-order valence-electron chi connectivity index (χ1n) is 10.3. The number of piperazine rings is 1. The van der Waals surface area contributed by atoms with Gasteiger partial charge in [-0.1, -0.05) is 19.3 Å². The second-order valence-electron chi connectivity index (χ2n) is 8.15. The highest BCUT2D eigenvalue weighted by Gasteiger charge is 2.33. The molecule has 0 bridgehead atoms. The van der Waals surface area contributed by atoms with Gasteiger partial charge in [-0.3, -0.25) is 9.80 Å². The maximum atomic E-state index is 9.13. The van der Waals surface area contributed by atoms with Crippen LogP contribution in [0.25, 0.3) is 0 Å². The number of piperidine rings is 1. The van der Waals surface area contributed by atoms with Crippen LogP contribution in [0.4, 0.5) is 0 Å². The number of rotatable bonds is 6. The largest absolute Gasteiger partial charge is 0.395 e. The summed E-state index contributed by atoms with van der Waals surface area (Å²) >= 11 is 0. The summed E-state index contributed by atoms with van der Waals surface area (Å²) in [4.78, 5) is 7.81. The lowest BCUT2D eigenvalue weighted by Crippen LogP contribution is -2.59. The van der Waals surface area contributed by atoms with Crippen LogP contribution in [0, 0.1) is 5.92 Å². The highest BCUT2D eigenvalue weighted by molar-refractivity contribution is 4.90. The van der Waals surface area contributed by atoms with Crippen molar-refractivity contribution in [3.8, 4) is 0 Å². The van der Waals surface area contributed by atoms with E-state index < -0.39 is 0 Å². The number of nitrogens with one attached hydrogen (secondary N) is 1. The molecule has 0 radical (unpaired) electrons. The molecule has 2 atom stereocenters. The molecular formula is C19H38N4O. The van der Waals surface area contributed by atoms with Crippen molar-refractivity contribution in [3.05, 3.63) is 0 Å². The summed E-state index contributed by atoms with van der Waals surface area (Å²) in [7, 11) is 2.37. The molecular weight excluding hydrogens is 300 g/mol. The van der Waals surface area contributed by atoms with Crippen molar-refractivity contribution in [2.24, 2.45) is 5.92 Å². The molecule has 2 saturated heterocycles. The molecule has 2 aliphatic heterocycles. The minimum Gasteiger partial charge on any atom is -0.395 e. The molecule has 3 aliphatic rings. The number of aliphatic hydroxyl groups is 1. The lowest BCUT2D eigenvalue weighted by atomic mass is 9.88. The van der Waals surface area contributed by atoms with Gasteiger partial charge in [0.25, 0.3) is 0 Å². The molecule has 2 heterocycles. The highest BCUT2D eigenvalue weighted by atomic mass is 16.3. The molecule has 140 valence electrons. The van der Waals surface area contributed by atoms with Gasteiger partial charge in [0.2, 0.25) is 0 Å². The van der Waals surface area contributed by atoms with Gasteiger partial charge in [0, 0.05) is 57.9 Å². The maximum absolute atomic E-state index is 9.13. The van der Waals surface area contributed by atoms with Gasteiger partial charge in [-0.25, -0.2) is 0 Å². The van der Waals surface area contributed by atoms with Gasteiger partial charge in [-0.15, -0.1) is 0 Å². The zero-order chi connectivity index (χ0) is 16.8. The maximum Gasteiger partial charge on any atom is 0.0558 e. The monoisotopic (exact) mass is 338 g/mol. The molecule has 0 amide bonds. The predicted molar refractivity (Wildman–Crippen MR) is 99.4 cm³/mol. The van der Waals surface area contributed by atoms with Gasteiger partial charge in [0.15, 0.2) is 0 Å². The van der Waals surface area contributed by atoms with Crippen LogP contribution in [0.5, 0.6) is 0 Å². The normalized spacial score (nSPS) is 31.6. The second kappa shape index (κ2) is 9.48. The zero-order valence-corrected chi connectivity index (χ0v) is 15.6. The number of aliphatic hydroxyl groups excluding tert-OH is 1. The van der Waals surface area contributed by atoms with E-state index in [0.29, 0.717) is 12.6 Å². The van der Waals surface area contributed by atoms with E-state index >= 15 is 0 Å². The Bertz CT molecular complexity index is 353. The summed E-state index contributed by atoms with van der Waals surface area (Å²) in [5.41, 5.74) is 0. The zero-order valence-electron chi connectivity index (χ0n) is 15.6. The van der Waals surface area contributed by atoms with E-state index in [1.807, 2.05) is 0 Å². The topological polar surface area (TPSA) is 42.0 Å². The smallest absolute Gasteiger partial charge is 0.0558 e. The molecule has 1 aliphatic carbocycles. The Labute approximate surface area is 148 Å². The summed E-state index contributed by atoms with van der Waals surface area (Å²) in [5.74, 6) is 0.808. The number of hydrogen-bond acceptors (Lipinski definition) is 5. The van der Waals surface area contributed by atoms with Crippen LogP contribution < -0.4 is 5.32 Å². The molecule has 2 unspecified atom stereocenters. The summed E-state index contributed by atoms with van der Waals surface area (Å²) in [6, 6.07) is 1.52. The van der Waals surface area contributed by atoms with Crippen LogP contribution in [0.15, 0.2) is 0 Å². The van der Waals surface area contributed by atoms with E-state index in [1.54, 1.807) is 0 Å². The van der Waals surface area contributed by atoms with Crippen LogP contribution in [-0.2, 0) is 0 Å². The van der Waals surface area contributed by atoms with Crippen LogP contribution in [0.1, 0.15) is 38.5 Å². The second-order valence-corrected chi connectivity index (χ2v) is 8.15. The summed E-state index contributed by atoms with van der Waals surface area (Å²) in [6.07, 6.45) is 8.43. The molecule has 0 spiro atoms. The molecule has 1 saturated carbocycles. The minimum atomic E-state index is 0.291. The molecule has 0 aromatic rings. The van der Waals surface area contributed by atoms with Crippen molar-refractivity contribution in [2.75, 3.05) is 66.0 Å². The quantitative estimate of drug-likeness (QED) is 0.751. The van der Waals surface area contributed by atoms with Gasteiger partial charge in [-0.05, 0) is 38.8 Å². The van der Waals surface area contributed by atoms with E-state index in [4.69, 9.17) is 5.11 Å². The Balaban J connectivity index is 1.51. The summed E-state index contributed by atoms with van der Waals surface area (Å²) < 4.78 is 0. The molecule has 0 aromatic heterocycles. The number of hydrogen-bond donors (Lipinski definition) is 2. The Morgan fingerprint density at radius 3 is 2.50 bits per heavy atom. The third-order valence-corrected chi connectivity index (χ3v) is 6.60. The summed E-state index contributed by atoms with van der Waals surface area (Å²) in [6.45, 7) is 9.29. The molecule has 0 aromatic carbocycles. The van der Waals surface area contributed by atoms with Crippen LogP contribution in [0.2, 0.25) is 0 Å². The van der Waals surface area contributed by atoms with Gasteiger partial charge >= 0.3 is 0 Å². The Hall–Kier alpha value is -0.200. The molecule has 3 fully saturated rings. The summed E-state index contributed by atoms with van der Waals surface area (Å²) in [5, 5.41) is 12.8. The van der Waals surface area contributed by atoms with E-state index in [-0.39, 0.29) is 0 Å². The van der Waals surface area contributed by atoms with Crippen LogP contribution in [-0.4, -0.2) is 97.9 Å². The molecule has 5 heteroatoms. The minimum absolute atomic E-state index is 0.291. The molecule has 3 rings (SSSR count). The number of nitrogens with zero attached hydrogens (tertiary/aromatic N) is 3. The lowest BCUT2D eigenvalue weighted by Gasteiger charge is -2.46. The third-order valence-electron chi connectivity index (χ3n) is 6.60. The standard InChI is InChI=1S/C19H38N4O/c1-21(18-5-3-2-4-6-18)16-17-7-8-20-15-19(17)23-11-9-22(10-12-23)13-14-24/h17-20,24H,2-16H2,1H3. The van der Waals surface area contributed by atoms with Crippen LogP contribution in [0.3, 0.4) is 0 Å². The fourth-order valence-corrected chi connectivity index (χ4v) is 5.04. The highest BCUT2D eigenvalue weighted by Crippen LogP contribution is 2.26. The van der Waals surface area contributed by atoms with Gasteiger partial charge in [-0.2, -0.15) is 0 Å². The van der Waals surface area contributed by atoms with Crippen molar-refractivity contribution in [1.29, 1.82) is 0 Å². The first kappa shape index (κ1) is 18.6. The lowest BCUT2D eigenvalue weighted by molar-refractivity contribution is 0.0343. The SMILES string of the molecule is CN(CC1CCNCC1N1CCN(CCO)CC1)C1CCCCC1. The van der Waals surface area contributed by atoms with Gasteiger partial charge < -0.3 is 15.3 Å². The average Bonchev–Trinajstić information content (AvgIpc) is 2.64. The van der Waals surface area contributed by atoms with E-state index in [2.05, 4.69) is 27.1 Å². The first-order chi connectivity index (χ1) is 11.8. The Kier molecular flexibility index (Phi) is 7.35. The van der Waals surface area contributed by atoms with Gasteiger partial charge in [0.1, 0.15) is 0 Å². The molecule has 5 nitrogen and oxygen atoms in total. The van der Waals surface area contributed by atoms with Crippen molar-refractivity contribution in [1.82, 2.24) is 20.0 Å². The third kappa shape index (κ3) is 4.92. The molecule has 2 N–H and O–H groups in total. The predicted octanol–water partition coefficient (Wildman–Crippen LogP) is 0.839. The average molecular weight is 339 g/mol. The van der Waals surface area contributed by atoms with Crippen molar-refractivity contribution >= 4 is 0 Å². The van der Waals surface area contributed by atoms with Crippen LogP contribution >= 0.6 is 0 Å². The molecule has 24 heavy (non-hydrogen) atoms.